The molecule has 0 fully saturated rings. The summed E-state index contributed by atoms with van der Waals surface area (Å²) >= 11 is 0. The summed E-state index contributed by atoms with van der Waals surface area (Å²) in [6, 6.07) is 23.9. The molecule has 0 aromatic heterocycles. The van der Waals surface area contributed by atoms with Crippen LogP contribution in [-0.4, -0.2) is 12.6 Å². The maximum absolute atomic E-state index is 12.5. The summed E-state index contributed by atoms with van der Waals surface area (Å²) < 4.78 is 11.6. The number of rotatable bonds is 13. The number of esters is 1. The van der Waals surface area contributed by atoms with Crippen LogP contribution in [0.15, 0.2) is 72.8 Å². The van der Waals surface area contributed by atoms with E-state index in [4.69, 9.17) is 9.47 Å². The van der Waals surface area contributed by atoms with E-state index >= 15 is 0 Å². The first kappa shape index (κ1) is 25.7. The molecule has 3 rings (SSSR count). The minimum absolute atomic E-state index is 0.0955. The van der Waals surface area contributed by atoms with Gasteiger partial charge in [0, 0.05) is 6.61 Å². The predicted molar refractivity (Wildman–Crippen MR) is 140 cm³/mol. The van der Waals surface area contributed by atoms with E-state index in [0.717, 1.165) is 43.4 Å². The first-order valence-electron chi connectivity index (χ1n) is 12.7. The molecule has 0 aliphatic heterocycles. The lowest BCUT2D eigenvalue weighted by Crippen LogP contribution is -2.08. The molecule has 3 nitrogen and oxygen atoms in total. The van der Waals surface area contributed by atoms with E-state index < -0.39 is 0 Å². The quantitative estimate of drug-likeness (QED) is 0.146. The van der Waals surface area contributed by atoms with Crippen LogP contribution in [0.25, 0.3) is 11.1 Å². The van der Waals surface area contributed by atoms with Gasteiger partial charge >= 0.3 is 5.97 Å². The van der Waals surface area contributed by atoms with Crippen LogP contribution < -0.4 is 4.74 Å². The van der Waals surface area contributed by atoms with Crippen molar-refractivity contribution in [2.75, 3.05) is 6.61 Å². The van der Waals surface area contributed by atoms with Crippen molar-refractivity contribution in [3.63, 3.8) is 0 Å². The van der Waals surface area contributed by atoms with E-state index in [0.29, 0.717) is 11.3 Å². The summed E-state index contributed by atoms with van der Waals surface area (Å²) in [5, 5.41) is 0. The summed E-state index contributed by atoms with van der Waals surface area (Å²) in [5.74, 6) is 0.216. The van der Waals surface area contributed by atoms with Crippen molar-refractivity contribution in [3.8, 4) is 16.9 Å². The molecular formula is C31H38O3. The number of aryl methyl sites for hydroxylation is 1. The van der Waals surface area contributed by atoms with Crippen molar-refractivity contribution in [3.05, 3.63) is 89.5 Å². The van der Waals surface area contributed by atoms with Crippen LogP contribution >= 0.6 is 0 Å². The van der Waals surface area contributed by atoms with Gasteiger partial charge in [-0.2, -0.15) is 0 Å². The van der Waals surface area contributed by atoms with Crippen LogP contribution in [0.3, 0.4) is 0 Å². The monoisotopic (exact) mass is 458 g/mol. The zero-order valence-electron chi connectivity index (χ0n) is 20.9. The Hall–Kier alpha value is -2.91. The highest BCUT2D eigenvalue weighted by Gasteiger charge is 2.10. The first-order valence-corrected chi connectivity index (χ1v) is 12.7. The van der Waals surface area contributed by atoms with Gasteiger partial charge in [-0.05, 0) is 72.7 Å². The maximum Gasteiger partial charge on any atom is 0.343 e. The molecule has 0 radical (unpaired) electrons. The number of hydrogen-bond donors (Lipinski definition) is 0. The smallest absolute Gasteiger partial charge is 0.343 e. The lowest BCUT2D eigenvalue weighted by Gasteiger charge is -2.14. The highest BCUT2D eigenvalue weighted by atomic mass is 16.5. The zero-order valence-corrected chi connectivity index (χ0v) is 20.9. The SMILES string of the molecule is CCCCCCOC(C)c1ccc(-c2ccc(OC(=O)c3ccc(CCCC)cc3)cc2)cc1. The van der Waals surface area contributed by atoms with Crippen LogP contribution in [0.2, 0.25) is 0 Å². The molecule has 0 N–H and O–H groups in total. The van der Waals surface area contributed by atoms with Gasteiger partial charge in [0.15, 0.2) is 0 Å². The van der Waals surface area contributed by atoms with Crippen LogP contribution in [0.1, 0.15) is 86.9 Å². The fraction of sp³-hybridized carbons (Fsp3) is 0.387. The standard InChI is InChI=1S/C31H38O3/c1-4-6-8-9-23-33-24(3)26-15-17-27(18-16-26)28-19-21-30(22-20-28)34-31(32)29-13-11-25(12-14-29)10-7-5-2/h11-22,24H,4-10,23H2,1-3H3. The molecule has 0 aliphatic carbocycles. The van der Waals surface area contributed by atoms with Gasteiger partial charge in [0.05, 0.1) is 11.7 Å². The third-order valence-corrected chi connectivity index (χ3v) is 6.15. The highest BCUT2D eigenvalue weighted by molar-refractivity contribution is 5.91. The minimum atomic E-state index is -0.331. The lowest BCUT2D eigenvalue weighted by molar-refractivity contribution is 0.0628. The summed E-state index contributed by atoms with van der Waals surface area (Å²) in [5.41, 5.74) is 5.22. The van der Waals surface area contributed by atoms with Gasteiger partial charge in [0.2, 0.25) is 0 Å². The largest absolute Gasteiger partial charge is 0.423 e. The average molecular weight is 459 g/mol. The van der Waals surface area contributed by atoms with Crippen molar-refractivity contribution in [1.29, 1.82) is 0 Å². The van der Waals surface area contributed by atoms with Crippen LogP contribution in [0.5, 0.6) is 5.75 Å². The van der Waals surface area contributed by atoms with Crippen LogP contribution in [0.4, 0.5) is 0 Å². The second kappa shape index (κ2) is 13.7. The van der Waals surface area contributed by atoms with Gasteiger partial charge < -0.3 is 9.47 Å². The Balaban J connectivity index is 1.53. The van der Waals surface area contributed by atoms with Gasteiger partial charge in [-0.1, -0.05) is 88.1 Å². The number of carbonyl (C=O) groups is 1. The normalized spacial score (nSPS) is 11.9. The van der Waals surface area contributed by atoms with E-state index in [9.17, 15) is 4.79 Å². The molecule has 0 saturated carbocycles. The van der Waals surface area contributed by atoms with Crippen molar-refractivity contribution in [2.24, 2.45) is 0 Å². The molecule has 0 bridgehead atoms. The molecule has 3 heteroatoms. The van der Waals surface area contributed by atoms with Gasteiger partial charge in [-0.3, -0.25) is 0 Å². The second-order valence-corrected chi connectivity index (χ2v) is 8.91. The van der Waals surface area contributed by atoms with Crippen LogP contribution in [-0.2, 0) is 11.2 Å². The van der Waals surface area contributed by atoms with E-state index in [1.54, 1.807) is 0 Å². The third kappa shape index (κ3) is 7.85. The molecule has 0 heterocycles. The van der Waals surface area contributed by atoms with Gasteiger partial charge in [0.25, 0.3) is 0 Å². The number of hydrogen-bond acceptors (Lipinski definition) is 3. The average Bonchev–Trinajstić information content (AvgIpc) is 2.88. The number of ether oxygens (including phenoxy) is 2. The predicted octanol–water partition coefficient (Wildman–Crippen LogP) is 8.57. The Kier molecular flexibility index (Phi) is 10.4. The molecule has 0 amide bonds. The summed E-state index contributed by atoms with van der Waals surface area (Å²) in [7, 11) is 0. The van der Waals surface area contributed by atoms with Crippen molar-refractivity contribution in [2.45, 2.75) is 71.8 Å². The highest BCUT2D eigenvalue weighted by Crippen LogP contribution is 2.26. The van der Waals surface area contributed by atoms with Gasteiger partial charge in [-0.15, -0.1) is 0 Å². The Morgan fingerprint density at radius 3 is 1.97 bits per heavy atom. The summed E-state index contributed by atoms with van der Waals surface area (Å²) in [4.78, 5) is 12.5. The van der Waals surface area contributed by atoms with E-state index in [2.05, 4.69) is 45.0 Å². The van der Waals surface area contributed by atoms with Crippen molar-refractivity contribution in [1.82, 2.24) is 0 Å². The van der Waals surface area contributed by atoms with E-state index in [-0.39, 0.29) is 12.1 Å². The fourth-order valence-corrected chi connectivity index (χ4v) is 3.90. The van der Waals surface area contributed by atoms with E-state index in [1.807, 2.05) is 48.5 Å². The molecule has 0 spiro atoms. The zero-order chi connectivity index (χ0) is 24.2. The molecule has 3 aromatic rings. The molecule has 3 aromatic carbocycles. The number of benzene rings is 3. The summed E-state index contributed by atoms with van der Waals surface area (Å²) in [6.45, 7) is 7.32. The Morgan fingerprint density at radius 1 is 0.735 bits per heavy atom. The number of unbranched alkanes of at least 4 members (excludes halogenated alkanes) is 4. The lowest BCUT2D eigenvalue weighted by atomic mass is 10.0. The fourth-order valence-electron chi connectivity index (χ4n) is 3.90. The molecule has 34 heavy (non-hydrogen) atoms. The Morgan fingerprint density at radius 2 is 1.35 bits per heavy atom. The molecular weight excluding hydrogens is 420 g/mol. The number of carbonyl (C=O) groups excluding carboxylic acids is 1. The molecule has 180 valence electrons. The van der Waals surface area contributed by atoms with Gasteiger partial charge in [0.1, 0.15) is 5.75 Å². The summed E-state index contributed by atoms with van der Waals surface area (Å²) in [6.07, 6.45) is 8.33. The molecule has 0 saturated heterocycles. The van der Waals surface area contributed by atoms with Crippen molar-refractivity contribution >= 4 is 5.97 Å². The van der Waals surface area contributed by atoms with Gasteiger partial charge in [-0.25, -0.2) is 4.79 Å². The second-order valence-electron chi connectivity index (χ2n) is 8.91. The molecule has 1 atom stereocenters. The third-order valence-electron chi connectivity index (χ3n) is 6.15. The Bertz CT molecular complexity index is 988. The van der Waals surface area contributed by atoms with Crippen molar-refractivity contribution < 1.29 is 14.3 Å². The molecule has 0 aliphatic rings. The Labute approximate surface area is 205 Å². The van der Waals surface area contributed by atoms with E-state index in [1.165, 1.54) is 30.4 Å². The maximum atomic E-state index is 12.5. The first-order chi connectivity index (χ1) is 16.6. The minimum Gasteiger partial charge on any atom is -0.423 e. The topological polar surface area (TPSA) is 35.5 Å². The molecule has 1 unspecified atom stereocenters. The van der Waals surface area contributed by atoms with Crippen LogP contribution in [0, 0.1) is 0 Å².